The number of phenols is 1. The summed E-state index contributed by atoms with van der Waals surface area (Å²) in [6, 6.07) is 5.53. The minimum Gasteiger partial charge on any atom is -0.508 e. The topological polar surface area (TPSA) is 35.5 Å². The maximum Gasteiger partial charge on any atom is 0.117 e. The van der Waals surface area contributed by atoms with Crippen LogP contribution in [0.2, 0.25) is 0 Å². The third-order valence-corrected chi connectivity index (χ3v) is 3.95. The fourth-order valence-electron chi connectivity index (χ4n) is 2.68. The van der Waals surface area contributed by atoms with Crippen LogP contribution in [0.5, 0.6) is 5.75 Å². The highest BCUT2D eigenvalue weighted by Gasteiger charge is 2.43. The van der Waals surface area contributed by atoms with Crippen LogP contribution in [0.4, 0.5) is 11.4 Å². The number of phenolic OH excluding ortho intramolecular Hbond substituents is 1. The van der Waals surface area contributed by atoms with Gasteiger partial charge in [-0.1, -0.05) is 0 Å². The summed E-state index contributed by atoms with van der Waals surface area (Å²) in [5.74, 6) is 0.346. The van der Waals surface area contributed by atoms with Gasteiger partial charge in [0.05, 0.1) is 16.9 Å². The molecule has 3 rings (SSSR count). The average molecular weight is 204 g/mol. The smallest absolute Gasteiger partial charge is 0.117 e. The highest BCUT2D eigenvalue weighted by Crippen LogP contribution is 2.45. The van der Waals surface area contributed by atoms with Crippen molar-refractivity contribution >= 4 is 11.4 Å². The molecule has 2 N–H and O–H groups in total. The van der Waals surface area contributed by atoms with E-state index in [1.165, 1.54) is 19.3 Å². The molecule has 1 fully saturated rings. The van der Waals surface area contributed by atoms with E-state index in [0.717, 1.165) is 17.9 Å². The third kappa shape index (κ3) is 1.12. The molecule has 3 nitrogen and oxygen atoms in total. The first-order valence-electron chi connectivity index (χ1n) is 5.52. The van der Waals surface area contributed by atoms with E-state index >= 15 is 0 Å². The molecule has 1 aromatic rings. The van der Waals surface area contributed by atoms with Gasteiger partial charge >= 0.3 is 0 Å². The van der Waals surface area contributed by atoms with Gasteiger partial charge in [0.1, 0.15) is 5.75 Å². The molecule has 1 aromatic carbocycles. The molecule has 1 heterocycles. The standard InChI is InChI=1S/C12H16N2O/c1-14-11-7-9(15)3-4-10(11)13-8-12(14)5-2-6-12/h3-4,7,13,15H,2,5-6,8H2,1H3. The number of likely N-dealkylation sites (N-methyl/N-ethyl adjacent to an activating group) is 1. The molecule has 15 heavy (non-hydrogen) atoms. The number of fused-ring (bicyclic) bond motifs is 1. The molecule has 0 amide bonds. The van der Waals surface area contributed by atoms with Crippen LogP contribution >= 0.6 is 0 Å². The van der Waals surface area contributed by atoms with Gasteiger partial charge in [-0.3, -0.25) is 0 Å². The number of benzene rings is 1. The number of hydrogen-bond acceptors (Lipinski definition) is 3. The van der Waals surface area contributed by atoms with Crippen LogP contribution in [0.15, 0.2) is 18.2 Å². The van der Waals surface area contributed by atoms with E-state index in [-0.39, 0.29) is 0 Å². The van der Waals surface area contributed by atoms with Crippen molar-refractivity contribution in [2.45, 2.75) is 24.8 Å². The van der Waals surface area contributed by atoms with E-state index in [1.54, 1.807) is 6.07 Å². The first-order chi connectivity index (χ1) is 7.21. The summed E-state index contributed by atoms with van der Waals surface area (Å²) < 4.78 is 0. The molecule has 1 aliphatic heterocycles. The van der Waals surface area contributed by atoms with Crippen molar-refractivity contribution in [2.75, 3.05) is 23.8 Å². The minimum atomic E-state index is 0.306. The summed E-state index contributed by atoms with van der Waals surface area (Å²) >= 11 is 0. The zero-order valence-electron chi connectivity index (χ0n) is 8.95. The number of rotatable bonds is 0. The Morgan fingerprint density at radius 1 is 1.40 bits per heavy atom. The van der Waals surface area contributed by atoms with Crippen LogP contribution in [0.1, 0.15) is 19.3 Å². The monoisotopic (exact) mass is 204 g/mol. The van der Waals surface area contributed by atoms with Crippen molar-refractivity contribution in [3.8, 4) is 5.75 Å². The first kappa shape index (κ1) is 8.89. The van der Waals surface area contributed by atoms with Crippen LogP contribution in [-0.2, 0) is 0 Å². The molecule has 0 bridgehead atoms. The van der Waals surface area contributed by atoms with Crippen LogP contribution in [0.3, 0.4) is 0 Å². The number of anilines is 2. The van der Waals surface area contributed by atoms with Crippen LogP contribution in [0, 0.1) is 0 Å². The Morgan fingerprint density at radius 3 is 2.87 bits per heavy atom. The average Bonchev–Trinajstić information content (AvgIpc) is 2.17. The Balaban J connectivity index is 2.04. The number of nitrogens with zero attached hydrogens (tertiary/aromatic N) is 1. The SMILES string of the molecule is CN1c2cc(O)ccc2NCC12CCC2. The zero-order valence-corrected chi connectivity index (χ0v) is 8.95. The number of aromatic hydroxyl groups is 1. The van der Waals surface area contributed by atoms with Gasteiger partial charge in [-0.2, -0.15) is 0 Å². The molecule has 0 radical (unpaired) electrons. The molecule has 3 heteroatoms. The summed E-state index contributed by atoms with van der Waals surface area (Å²) in [4.78, 5) is 2.34. The van der Waals surface area contributed by atoms with E-state index in [0.29, 0.717) is 11.3 Å². The fourth-order valence-corrected chi connectivity index (χ4v) is 2.68. The highest BCUT2D eigenvalue weighted by atomic mass is 16.3. The van der Waals surface area contributed by atoms with Gasteiger partial charge in [-0.25, -0.2) is 0 Å². The second-order valence-electron chi connectivity index (χ2n) is 4.69. The Hall–Kier alpha value is -1.38. The van der Waals surface area contributed by atoms with Gasteiger partial charge in [-0.15, -0.1) is 0 Å². The molecule has 0 saturated heterocycles. The summed E-state index contributed by atoms with van der Waals surface area (Å²) in [6.07, 6.45) is 3.83. The maximum atomic E-state index is 9.51. The second kappa shape index (κ2) is 2.81. The number of nitrogens with one attached hydrogen (secondary N) is 1. The van der Waals surface area contributed by atoms with Crippen LogP contribution < -0.4 is 10.2 Å². The Kier molecular flexibility index (Phi) is 1.67. The molecule has 1 saturated carbocycles. The van der Waals surface area contributed by atoms with Gasteiger partial charge < -0.3 is 15.3 Å². The van der Waals surface area contributed by atoms with Crippen molar-refractivity contribution in [1.29, 1.82) is 0 Å². The molecule has 2 aliphatic rings. The number of hydrogen-bond donors (Lipinski definition) is 2. The zero-order chi connectivity index (χ0) is 10.5. The normalized spacial score (nSPS) is 21.8. The molecular weight excluding hydrogens is 188 g/mol. The largest absolute Gasteiger partial charge is 0.508 e. The molecule has 80 valence electrons. The summed E-state index contributed by atoms with van der Waals surface area (Å²) in [5, 5.41) is 13.0. The van der Waals surface area contributed by atoms with Crippen molar-refractivity contribution in [1.82, 2.24) is 0 Å². The molecule has 1 aliphatic carbocycles. The first-order valence-corrected chi connectivity index (χ1v) is 5.52. The van der Waals surface area contributed by atoms with Crippen molar-refractivity contribution in [2.24, 2.45) is 0 Å². The molecule has 0 atom stereocenters. The predicted octanol–water partition coefficient (Wildman–Crippen LogP) is 2.18. The van der Waals surface area contributed by atoms with E-state index in [1.807, 2.05) is 12.1 Å². The van der Waals surface area contributed by atoms with Crippen LogP contribution in [-0.4, -0.2) is 24.2 Å². The fraction of sp³-hybridized carbons (Fsp3) is 0.500. The third-order valence-electron chi connectivity index (χ3n) is 3.95. The Labute approximate surface area is 89.7 Å². The van der Waals surface area contributed by atoms with E-state index in [2.05, 4.69) is 17.3 Å². The molecular formula is C12H16N2O. The van der Waals surface area contributed by atoms with Gasteiger partial charge in [-0.05, 0) is 31.4 Å². The van der Waals surface area contributed by atoms with E-state index < -0.39 is 0 Å². The summed E-state index contributed by atoms with van der Waals surface area (Å²) in [7, 11) is 2.14. The van der Waals surface area contributed by atoms with Crippen molar-refractivity contribution in [3.63, 3.8) is 0 Å². The maximum absolute atomic E-state index is 9.51. The van der Waals surface area contributed by atoms with Gasteiger partial charge in [0, 0.05) is 19.7 Å². The minimum absolute atomic E-state index is 0.306. The summed E-state index contributed by atoms with van der Waals surface area (Å²) in [6.45, 7) is 1.03. The Morgan fingerprint density at radius 2 is 2.20 bits per heavy atom. The predicted molar refractivity (Wildman–Crippen MR) is 61.6 cm³/mol. The van der Waals surface area contributed by atoms with Gasteiger partial charge in [0.25, 0.3) is 0 Å². The van der Waals surface area contributed by atoms with Gasteiger partial charge in [0.15, 0.2) is 0 Å². The van der Waals surface area contributed by atoms with Crippen molar-refractivity contribution in [3.05, 3.63) is 18.2 Å². The molecule has 1 spiro atoms. The lowest BCUT2D eigenvalue weighted by molar-refractivity contribution is 0.248. The highest BCUT2D eigenvalue weighted by molar-refractivity contribution is 5.75. The van der Waals surface area contributed by atoms with Crippen molar-refractivity contribution < 1.29 is 5.11 Å². The van der Waals surface area contributed by atoms with E-state index in [4.69, 9.17) is 0 Å². The second-order valence-corrected chi connectivity index (χ2v) is 4.69. The van der Waals surface area contributed by atoms with Gasteiger partial charge in [0.2, 0.25) is 0 Å². The lowest BCUT2D eigenvalue weighted by Crippen LogP contribution is -2.59. The Bertz CT molecular complexity index is 399. The van der Waals surface area contributed by atoms with Crippen LogP contribution in [0.25, 0.3) is 0 Å². The summed E-state index contributed by atoms with van der Waals surface area (Å²) in [5.41, 5.74) is 2.56. The molecule has 0 aromatic heterocycles. The quantitative estimate of drug-likeness (QED) is 0.636. The molecule has 0 unspecified atom stereocenters. The van der Waals surface area contributed by atoms with E-state index in [9.17, 15) is 5.11 Å². The lowest BCUT2D eigenvalue weighted by Gasteiger charge is -2.53. The lowest BCUT2D eigenvalue weighted by atomic mass is 9.74.